The summed E-state index contributed by atoms with van der Waals surface area (Å²) in [4.78, 5) is 5.20. The maximum atomic E-state index is 10.4. The highest BCUT2D eigenvalue weighted by molar-refractivity contribution is 7.07. The van der Waals surface area contributed by atoms with Crippen LogP contribution in [0.5, 0.6) is 23.0 Å². The van der Waals surface area contributed by atoms with E-state index in [1.165, 1.54) is 18.4 Å². The quantitative estimate of drug-likeness (QED) is 0.438. The van der Waals surface area contributed by atoms with Gasteiger partial charge in [-0.1, -0.05) is 12.1 Å². The lowest BCUT2D eigenvalue weighted by Crippen LogP contribution is -2.12. The smallest absolute Gasteiger partial charge is 0.206 e. The van der Waals surface area contributed by atoms with Crippen LogP contribution in [0.2, 0.25) is 0 Å². The lowest BCUT2D eigenvalue weighted by molar-refractivity contribution is 0.373. The Morgan fingerprint density at radius 3 is 2.60 bits per heavy atom. The SMILES string of the molecule is C=CCN=c1scc(-c2cc(OC)ccc2OC)n1N=Cc1cccc(OC)c1O. The van der Waals surface area contributed by atoms with E-state index in [2.05, 4.69) is 16.7 Å². The molecule has 1 N–H and O–H groups in total. The number of benzene rings is 2. The zero-order valence-electron chi connectivity index (χ0n) is 17.0. The van der Waals surface area contributed by atoms with E-state index < -0.39 is 0 Å². The molecule has 0 aliphatic rings. The van der Waals surface area contributed by atoms with Gasteiger partial charge in [-0.15, -0.1) is 17.9 Å². The molecule has 0 aliphatic heterocycles. The van der Waals surface area contributed by atoms with Crippen LogP contribution in [0, 0.1) is 0 Å². The molecule has 0 aliphatic carbocycles. The molecule has 0 bridgehead atoms. The van der Waals surface area contributed by atoms with E-state index in [-0.39, 0.29) is 5.75 Å². The summed E-state index contributed by atoms with van der Waals surface area (Å²) in [6.45, 7) is 4.18. The van der Waals surface area contributed by atoms with E-state index in [0.717, 1.165) is 11.3 Å². The summed E-state index contributed by atoms with van der Waals surface area (Å²) in [5, 5.41) is 16.9. The third-order valence-electron chi connectivity index (χ3n) is 4.29. The van der Waals surface area contributed by atoms with E-state index in [1.54, 1.807) is 49.4 Å². The van der Waals surface area contributed by atoms with Gasteiger partial charge in [-0.25, -0.2) is 4.68 Å². The van der Waals surface area contributed by atoms with Crippen LogP contribution in [0.1, 0.15) is 5.56 Å². The number of phenolic OH excluding ortho intramolecular Hbond substituents is 1. The molecular formula is C22H23N3O4S. The number of rotatable bonds is 8. The van der Waals surface area contributed by atoms with Crippen LogP contribution < -0.4 is 19.0 Å². The molecule has 1 heterocycles. The second-order valence-electron chi connectivity index (χ2n) is 6.05. The highest BCUT2D eigenvalue weighted by Crippen LogP contribution is 2.34. The number of methoxy groups -OCH3 is 3. The van der Waals surface area contributed by atoms with Crippen LogP contribution in [0.3, 0.4) is 0 Å². The van der Waals surface area contributed by atoms with Crippen LogP contribution in [0.15, 0.2) is 64.5 Å². The maximum Gasteiger partial charge on any atom is 0.206 e. The molecule has 0 saturated heterocycles. The number of hydrogen-bond donors (Lipinski definition) is 1. The van der Waals surface area contributed by atoms with Crippen LogP contribution in [0.25, 0.3) is 11.3 Å². The zero-order chi connectivity index (χ0) is 21.5. The average molecular weight is 426 g/mol. The largest absolute Gasteiger partial charge is 0.504 e. The molecule has 0 spiro atoms. The molecular weight excluding hydrogens is 402 g/mol. The molecule has 1 aromatic heterocycles. The number of nitrogens with zero attached hydrogens (tertiary/aromatic N) is 3. The zero-order valence-corrected chi connectivity index (χ0v) is 17.8. The first-order valence-corrected chi connectivity index (χ1v) is 9.95. The molecule has 3 rings (SSSR count). The van der Waals surface area contributed by atoms with Gasteiger partial charge in [0.2, 0.25) is 4.80 Å². The van der Waals surface area contributed by atoms with Crippen molar-refractivity contribution in [3.63, 3.8) is 0 Å². The van der Waals surface area contributed by atoms with Crippen molar-refractivity contribution < 1.29 is 19.3 Å². The number of thiazole rings is 1. The van der Waals surface area contributed by atoms with Gasteiger partial charge in [0.15, 0.2) is 11.5 Å². The monoisotopic (exact) mass is 425 g/mol. The van der Waals surface area contributed by atoms with Gasteiger partial charge in [-0.2, -0.15) is 5.10 Å². The molecule has 0 saturated carbocycles. The van der Waals surface area contributed by atoms with Gasteiger partial charge in [0.25, 0.3) is 0 Å². The molecule has 2 aromatic carbocycles. The predicted octanol–water partition coefficient (Wildman–Crippen LogP) is 3.92. The summed E-state index contributed by atoms with van der Waals surface area (Å²) < 4.78 is 17.8. The van der Waals surface area contributed by atoms with Crippen molar-refractivity contribution in [2.45, 2.75) is 0 Å². The van der Waals surface area contributed by atoms with Crippen molar-refractivity contribution in [3.8, 4) is 34.3 Å². The van der Waals surface area contributed by atoms with Crippen LogP contribution in [-0.4, -0.2) is 43.9 Å². The van der Waals surface area contributed by atoms with Gasteiger partial charge in [-0.3, -0.25) is 4.99 Å². The Labute approximate surface area is 178 Å². The van der Waals surface area contributed by atoms with Gasteiger partial charge in [0, 0.05) is 16.5 Å². The molecule has 0 atom stereocenters. The first kappa shape index (κ1) is 21.2. The molecule has 3 aromatic rings. The van der Waals surface area contributed by atoms with Gasteiger partial charge < -0.3 is 19.3 Å². The summed E-state index contributed by atoms with van der Waals surface area (Å²) in [7, 11) is 4.73. The summed E-state index contributed by atoms with van der Waals surface area (Å²) in [6.07, 6.45) is 3.28. The summed E-state index contributed by atoms with van der Waals surface area (Å²) >= 11 is 1.44. The van der Waals surface area contributed by atoms with Gasteiger partial charge in [0.05, 0.1) is 39.8 Å². The molecule has 0 amide bonds. The molecule has 8 heteroatoms. The van der Waals surface area contributed by atoms with Gasteiger partial charge in [-0.05, 0) is 30.3 Å². The minimum atomic E-state index is 0.0182. The van der Waals surface area contributed by atoms with Crippen molar-refractivity contribution in [3.05, 3.63) is 64.8 Å². The Balaban J connectivity index is 2.17. The fourth-order valence-corrected chi connectivity index (χ4v) is 3.63. The molecule has 156 valence electrons. The number of hydrogen-bond acceptors (Lipinski definition) is 7. The van der Waals surface area contributed by atoms with Crippen molar-refractivity contribution in [2.24, 2.45) is 10.1 Å². The normalized spacial score (nSPS) is 11.6. The van der Waals surface area contributed by atoms with Crippen molar-refractivity contribution in [1.82, 2.24) is 4.68 Å². The first-order chi connectivity index (χ1) is 14.6. The Morgan fingerprint density at radius 2 is 1.90 bits per heavy atom. The van der Waals surface area contributed by atoms with E-state index in [1.807, 2.05) is 23.6 Å². The number of aromatic nitrogens is 1. The second kappa shape index (κ2) is 9.80. The standard InChI is InChI=1S/C22H23N3O4S/c1-5-11-23-22-25(24-13-15-7-6-8-20(29-4)21(15)26)18(14-30-22)17-12-16(27-2)9-10-19(17)28-3/h5-10,12-14,26H,1,11H2,2-4H3. The van der Waals surface area contributed by atoms with Crippen LogP contribution in [-0.2, 0) is 0 Å². The van der Waals surface area contributed by atoms with E-state index >= 15 is 0 Å². The van der Waals surface area contributed by atoms with Crippen molar-refractivity contribution >= 4 is 17.6 Å². The molecule has 30 heavy (non-hydrogen) atoms. The Bertz CT molecular complexity index is 1130. The third-order valence-corrected chi connectivity index (χ3v) is 5.14. The van der Waals surface area contributed by atoms with E-state index in [9.17, 15) is 5.11 Å². The lowest BCUT2D eigenvalue weighted by Gasteiger charge is -2.11. The van der Waals surface area contributed by atoms with Gasteiger partial charge >= 0.3 is 0 Å². The van der Waals surface area contributed by atoms with E-state index in [0.29, 0.717) is 34.2 Å². The fraction of sp³-hybridized carbons (Fsp3) is 0.182. The minimum Gasteiger partial charge on any atom is -0.504 e. The third kappa shape index (κ3) is 4.38. The topological polar surface area (TPSA) is 77.6 Å². The number of phenols is 1. The van der Waals surface area contributed by atoms with E-state index in [4.69, 9.17) is 14.2 Å². The summed E-state index contributed by atoms with van der Waals surface area (Å²) in [6, 6.07) is 10.8. The summed E-state index contributed by atoms with van der Waals surface area (Å²) in [5.41, 5.74) is 2.10. The van der Waals surface area contributed by atoms with Crippen LogP contribution in [0.4, 0.5) is 0 Å². The Kier molecular flexibility index (Phi) is 6.92. The number of para-hydroxylation sites is 1. The molecule has 0 radical (unpaired) electrons. The van der Waals surface area contributed by atoms with Crippen molar-refractivity contribution in [2.75, 3.05) is 27.9 Å². The fourth-order valence-electron chi connectivity index (χ4n) is 2.79. The van der Waals surface area contributed by atoms with Gasteiger partial charge in [0.1, 0.15) is 11.5 Å². The maximum absolute atomic E-state index is 10.4. The molecule has 7 nitrogen and oxygen atoms in total. The summed E-state index contributed by atoms with van der Waals surface area (Å²) in [5.74, 6) is 1.77. The average Bonchev–Trinajstić information content (AvgIpc) is 3.18. The minimum absolute atomic E-state index is 0.0182. The number of aromatic hydroxyl groups is 1. The first-order valence-electron chi connectivity index (χ1n) is 9.07. The Morgan fingerprint density at radius 1 is 1.10 bits per heavy atom. The number of ether oxygens (including phenoxy) is 3. The Hall–Kier alpha value is -3.52. The molecule has 0 fully saturated rings. The predicted molar refractivity (Wildman–Crippen MR) is 119 cm³/mol. The molecule has 0 unspecified atom stereocenters. The highest BCUT2D eigenvalue weighted by Gasteiger charge is 2.14. The lowest BCUT2D eigenvalue weighted by atomic mass is 10.1. The van der Waals surface area contributed by atoms with Crippen LogP contribution >= 0.6 is 11.3 Å². The second-order valence-corrected chi connectivity index (χ2v) is 6.89. The van der Waals surface area contributed by atoms with Crippen molar-refractivity contribution in [1.29, 1.82) is 0 Å². The highest BCUT2D eigenvalue weighted by atomic mass is 32.1.